The Morgan fingerprint density at radius 3 is 1.64 bits per heavy atom. The van der Waals surface area contributed by atoms with E-state index in [2.05, 4.69) is 5.32 Å². The van der Waals surface area contributed by atoms with Gasteiger partial charge in [0.25, 0.3) is 0 Å². The van der Waals surface area contributed by atoms with Gasteiger partial charge in [-0.25, -0.2) is 0 Å². The van der Waals surface area contributed by atoms with Gasteiger partial charge in [-0.1, -0.05) is 0 Å². The SMILES string of the molecule is OCC(CO)(CO)NCCS(O)(O)O. The van der Waals surface area contributed by atoms with Crippen molar-refractivity contribution in [1.29, 1.82) is 0 Å². The first-order valence-corrected chi connectivity index (χ1v) is 5.62. The first-order chi connectivity index (χ1) is 6.39. The monoisotopic (exact) mass is 231 g/mol. The van der Waals surface area contributed by atoms with Gasteiger partial charge >= 0.3 is 0 Å². The summed E-state index contributed by atoms with van der Waals surface area (Å²) in [5, 5.41) is 29.1. The van der Waals surface area contributed by atoms with E-state index >= 15 is 0 Å². The molecule has 0 saturated carbocycles. The highest BCUT2D eigenvalue weighted by Gasteiger charge is 2.27. The summed E-state index contributed by atoms with van der Waals surface area (Å²) in [4.78, 5) is 0. The van der Waals surface area contributed by atoms with Crippen molar-refractivity contribution in [2.24, 2.45) is 0 Å². The molecule has 0 aliphatic carbocycles. The Morgan fingerprint density at radius 1 is 0.929 bits per heavy atom. The molecule has 0 spiro atoms. The van der Waals surface area contributed by atoms with Crippen molar-refractivity contribution in [2.45, 2.75) is 5.54 Å². The van der Waals surface area contributed by atoms with E-state index in [0.29, 0.717) is 0 Å². The Bertz CT molecular complexity index is 149. The quantitative estimate of drug-likeness (QED) is 0.284. The van der Waals surface area contributed by atoms with Gasteiger partial charge in [0.05, 0.1) is 42.0 Å². The van der Waals surface area contributed by atoms with Crippen LogP contribution in [0.5, 0.6) is 0 Å². The Labute approximate surface area is 83.6 Å². The third-order valence-electron chi connectivity index (χ3n) is 1.78. The molecule has 0 bridgehead atoms. The minimum atomic E-state index is -3.58. The second kappa shape index (κ2) is 5.83. The molecular weight excluding hydrogens is 214 g/mol. The average molecular weight is 231 g/mol. The van der Waals surface area contributed by atoms with Crippen LogP contribution in [0, 0.1) is 0 Å². The van der Waals surface area contributed by atoms with Crippen LogP contribution in [-0.4, -0.2) is 66.6 Å². The van der Waals surface area contributed by atoms with E-state index in [0.717, 1.165) is 0 Å². The number of aliphatic hydroxyl groups excluding tert-OH is 3. The maximum atomic E-state index is 8.84. The molecule has 0 radical (unpaired) electrons. The summed E-state index contributed by atoms with van der Waals surface area (Å²) in [7, 11) is -3.58. The lowest BCUT2D eigenvalue weighted by molar-refractivity contribution is 0.0438. The number of nitrogens with one attached hydrogen (secondary N) is 1. The zero-order valence-electron chi connectivity index (χ0n) is 7.63. The van der Waals surface area contributed by atoms with Gasteiger partial charge < -0.3 is 34.3 Å². The second-order valence-electron chi connectivity index (χ2n) is 3.02. The van der Waals surface area contributed by atoms with E-state index in [4.69, 9.17) is 29.0 Å². The Morgan fingerprint density at radius 2 is 1.36 bits per heavy atom. The molecule has 0 aromatic heterocycles. The summed E-state index contributed by atoms with van der Waals surface area (Å²) in [5.41, 5.74) is -1.26. The third-order valence-corrected chi connectivity index (χ3v) is 2.54. The largest absolute Gasteiger partial charge is 0.394 e. The topological polar surface area (TPSA) is 133 Å². The van der Waals surface area contributed by atoms with Crippen LogP contribution in [0.3, 0.4) is 0 Å². The van der Waals surface area contributed by atoms with Crippen LogP contribution in [0.2, 0.25) is 0 Å². The van der Waals surface area contributed by atoms with Gasteiger partial charge in [0.2, 0.25) is 0 Å². The maximum absolute atomic E-state index is 8.84. The third kappa shape index (κ3) is 5.08. The summed E-state index contributed by atoms with van der Waals surface area (Å²) in [6.07, 6.45) is 0. The van der Waals surface area contributed by atoms with Gasteiger partial charge in [-0.05, 0) is 0 Å². The molecule has 0 rings (SSSR count). The first-order valence-electron chi connectivity index (χ1n) is 3.95. The van der Waals surface area contributed by atoms with Gasteiger partial charge in [0, 0.05) is 6.54 Å². The Hall–Kier alpha value is 0.0700. The predicted octanol–water partition coefficient (Wildman–Crippen LogP) is -1.48. The summed E-state index contributed by atoms with van der Waals surface area (Å²) in [5.74, 6) is -0.325. The van der Waals surface area contributed by atoms with Crippen molar-refractivity contribution < 1.29 is 29.0 Å². The van der Waals surface area contributed by atoms with Crippen LogP contribution in [-0.2, 0) is 0 Å². The van der Waals surface area contributed by atoms with Gasteiger partial charge in [-0.2, -0.15) is 0 Å². The molecule has 7 N–H and O–H groups in total. The molecule has 0 amide bonds. The smallest absolute Gasteiger partial charge is 0.0881 e. The molecule has 0 atom stereocenters. The fraction of sp³-hybridized carbons (Fsp3) is 1.00. The second-order valence-corrected chi connectivity index (χ2v) is 4.69. The van der Waals surface area contributed by atoms with Crippen molar-refractivity contribution in [3.8, 4) is 0 Å². The number of hydrogen-bond acceptors (Lipinski definition) is 7. The zero-order chi connectivity index (χ0) is 11.2. The van der Waals surface area contributed by atoms with Crippen molar-refractivity contribution in [3.63, 3.8) is 0 Å². The van der Waals surface area contributed by atoms with Crippen molar-refractivity contribution in [1.82, 2.24) is 5.32 Å². The minimum absolute atomic E-state index is 0.0412. The number of hydrogen-bond donors (Lipinski definition) is 7. The number of aliphatic hydroxyl groups is 3. The molecule has 7 nitrogen and oxygen atoms in total. The summed E-state index contributed by atoms with van der Waals surface area (Å²) >= 11 is 0. The fourth-order valence-electron chi connectivity index (χ4n) is 0.771. The molecule has 0 heterocycles. The molecule has 0 saturated heterocycles. The first kappa shape index (κ1) is 14.1. The summed E-state index contributed by atoms with van der Waals surface area (Å²) in [6.45, 7) is -1.53. The molecule has 0 aliphatic rings. The maximum Gasteiger partial charge on any atom is 0.0881 e. The van der Waals surface area contributed by atoms with Gasteiger partial charge in [0.15, 0.2) is 0 Å². The molecule has 0 aromatic carbocycles. The molecule has 0 aromatic rings. The van der Waals surface area contributed by atoms with Crippen LogP contribution < -0.4 is 5.32 Å². The highest BCUT2D eigenvalue weighted by atomic mass is 32.3. The van der Waals surface area contributed by atoms with E-state index in [1.807, 2.05) is 0 Å². The molecular formula is C6H17NO6S. The van der Waals surface area contributed by atoms with Gasteiger partial charge in [0.1, 0.15) is 0 Å². The minimum Gasteiger partial charge on any atom is -0.394 e. The van der Waals surface area contributed by atoms with Crippen LogP contribution in [0.1, 0.15) is 0 Å². The van der Waals surface area contributed by atoms with Crippen molar-refractivity contribution >= 4 is 10.9 Å². The Balaban J connectivity index is 3.95. The molecule has 0 fully saturated rings. The lowest BCUT2D eigenvalue weighted by Gasteiger charge is -2.30. The van der Waals surface area contributed by atoms with E-state index in [-0.39, 0.29) is 12.3 Å². The van der Waals surface area contributed by atoms with E-state index in [1.165, 1.54) is 0 Å². The normalized spacial score (nSPS) is 14.4. The molecule has 8 heteroatoms. The number of rotatable bonds is 7. The Kier molecular flexibility index (Phi) is 5.86. The fourth-order valence-corrected chi connectivity index (χ4v) is 1.15. The van der Waals surface area contributed by atoms with Gasteiger partial charge in [-0.15, -0.1) is 0 Å². The van der Waals surface area contributed by atoms with Crippen LogP contribution >= 0.6 is 10.9 Å². The summed E-state index contributed by atoms with van der Waals surface area (Å²) < 4.78 is 25.8. The van der Waals surface area contributed by atoms with Crippen LogP contribution in [0.25, 0.3) is 0 Å². The predicted molar refractivity (Wildman–Crippen MR) is 52.3 cm³/mol. The lowest BCUT2D eigenvalue weighted by Crippen LogP contribution is -2.55. The molecule has 0 unspecified atom stereocenters. The van der Waals surface area contributed by atoms with Crippen LogP contribution in [0.4, 0.5) is 0 Å². The molecule has 88 valence electrons. The van der Waals surface area contributed by atoms with E-state index in [1.54, 1.807) is 0 Å². The van der Waals surface area contributed by atoms with Gasteiger partial charge in [-0.3, -0.25) is 0 Å². The standard InChI is InChI=1S/C6H17NO6S/c8-3-6(4-9,5-10)7-1-2-14(11,12)13/h7-13H,1-5H2. The van der Waals surface area contributed by atoms with E-state index in [9.17, 15) is 0 Å². The highest BCUT2D eigenvalue weighted by Crippen LogP contribution is 2.31. The zero-order valence-corrected chi connectivity index (χ0v) is 8.44. The highest BCUT2D eigenvalue weighted by molar-refractivity contribution is 8.19. The van der Waals surface area contributed by atoms with E-state index < -0.39 is 36.2 Å². The molecule has 0 aliphatic heterocycles. The van der Waals surface area contributed by atoms with Crippen molar-refractivity contribution in [2.75, 3.05) is 32.1 Å². The van der Waals surface area contributed by atoms with Crippen LogP contribution in [0.15, 0.2) is 0 Å². The lowest BCUT2D eigenvalue weighted by atomic mass is 10.0. The van der Waals surface area contributed by atoms with Crippen molar-refractivity contribution in [3.05, 3.63) is 0 Å². The average Bonchev–Trinajstić information content (AvgIpc) is 2.11. The summed E-state index contributed by atoms with van der Waals surface area (Å²) in [6, 6.07) is 0. The molecule has 14 heavy (non-hydrogen) atoms.